The Morgan fingerprint density at radius 2 is 1.57 bits per heavy atom. The average molecular weight is 615 g/mol. The number of carbonyl (C=O) groups is 2. The van der Waals surface area contributed by atoms with E-state index in [1.165, 1.54) is 17.7 Å². The molecule has 40 heavy (non-hydrogen) atoms. The molecule has 1 saturated heterocycles. The summed E-state index contributed by atoms with van der Waals surface area (Å²) in [6.07, 6.45) is -5.25. The molecular weight excluding hydrogens is 579 g/mol. The van der Waals surface area contributed by atoms with Gasteiger partial charge in [-0.25, -0.2) is 23.2 Å². The maximum atomic E-state index is 13.2. The summed E-state index contributed by atoms with van der Waals surface area (Å²) in [5, 5.41) is 21.6. The number of aliphatic hydroxyl groups is 2. The fourth-order valence-corrected chi connectivity index (χ4v) is 4.28. The van der Waals surface area contributed by atoms with E-state index < -0.39 is 81.1 Å². The van der Waals surface area contributed by atoms with Gasteiger partial charge in [-0.1, -0.05) is 0 Å². The molecule has 0 aliphatic carbocycles. The molecule has 3 N–H and O–H groups in total. The first-order valence-corrected chi connectivity index (χ1v) is 13.7. The average Bonchev–Trinajstić information content (AvgIpc) is 2.99. The first-order valence-electron chi connectivity index (χ1n) is 11.8. The van der Waals surface area contributed by atoms with Crippen LogP contribution < -0.4 is 5.56 Å². The van der Waals surface area contributed by atoms with E-state index in [0.717, 1.165) is 6.07 Å². The number of nitrogens with zero attached hydrogens (tertiary/aromatic N) is 1. The highest BCUT2D eigenvalue weighted by molar-refractivity contribution is 7.71. The number of rotatable bonds is 10. The summed E-state index contributed by atoms with van der Waals surface area (Å²) in [6.45, 7) is 8.20. The predicted molar refractivity (Wildman–Crippen MR) is 137 cm³/mol. The molecule has 0 spiro atoms. The zero-order valence-electron chi connectivity index (χ0n) is 23.1. The Morgan fingerprint density at radius 3 is 2.02 bits per heavy atom. The van der Waals surface area contributed by atoms with Gasteiger partial charge in [-0.05, 0) is 60.7 Å². The van der Waals surface area contributed by atoms with Gasteiger partial charge in [-0.2, -0.15) is 0 Å². The Bertz CT molecular complexity index is 1160. The minimum absolute atomic E-state index is 0.0949. The van der Waals surface area contributed by atoms with Gasteiger partial charge in [0, 0.05) is 12.3 Å². The molecule has 1 aliphatic heterocycles. The molecule has 1 fully saturated rings. The van der Waals surface area contributed by atoms with E-state index in [9.17, 15) is 29.2 Å². The topological polar surface area (TPSA) is 203 Å². The van der Waals surface area contributed by atoms with Gasteiger partial charge >= 0.3 is 20.1 Å². The normalized spacial score (nSPS) is 23.5. The van der Waals surface area contributed by atoms with Crippen molar-refractivity contribution in [3.63, 3.8) is 0 Å². The van der Waals surface area contributed by atoms with Crippen LogP contribution in [-0.4, -0.2) is 81.3 Å². The van der Waals surface area contributed by atoms with Crippen molar-refractivity contribution < 1.29 is 61.6 Å². The Kier molecular flexibility index (Phi) is 11.1. The van der Waals surface area contributed by atoms with Crippen LogP contribution in [0.1, 0.15) is 54.7 Å². The van der Waals surface area contributed by atoms with Crippen LogP contribution in [0.25, 0.3) is 0 Å². The zero-order chi connectivity index (χ0) is 30.5. The SMILES string of the molecule is CC(C)(C)OC(=O)OCOP(=O)(OCOC(=O)OC(C)(C)C)OC[C@H]1O[C@@H](n2ccc(=O)[nH]c2=S)[C@](C)(O)[C@H]1O. The van der Waals surface area contributed by atoms with Gasteiger partial charge in [0.25, 0.3) is 5.56 Å². The monoisotopic (exact) mass is 614 g/mol. The lowest BCUT2D eigenvalue weighted by atomic mass is 9.96. The van der Waals surface area contributed by atoms with Gasteiger partial charge in [0.1, 0.15) is 29.0 Å². The largest absolute Gasteiger partial charge is 0.510 e. The number of H-pyrrole nitrogens is 1. The second-order valence-corrected chi connectivity index (χ2v) is 12.7. The Balaban J connectivity index is 2.11. The first kappa shape index (κ1) is 33.8. The summed E-state index contributed by atoms with van der Waals surface area (Å²) < 4.78 is 54.6. The van der Waals surface area contributed by atoms with Crippen LogP contribution in [-0.2, 0) is 41.8 Å². The van der Waals surface area contributed by atoms with Crippen LogP contribution in [0.5, 0.6) is 0 Å². The smallest absolute Gasteiger partial charge is 0.429 e. The molecule has 228 valence electrons. The molecule has 1 aromatic heterocycles. The van der Waals surface area contributed by atoms with E-state index >= 15 is 0 Å². The summed E-state index contributed by atoms with van der Waals surface area (Å²) in [4.78, 5) is 37.4. The van der Waals surface area contributed by atoms with Crippen molar-refractivity contribution in [2.24, 2.45) is 0 Å². The minimum atomic E-state index is -4.68. The van der Waals surface area contributed by atoms with E-state index in [1.54, 1.807) is 41.5 Å². The van der Waals surface area contributed by atoms with E-state index in [1.807, 2.05) is 0 Å². The van der Waals surface area contributed by atoms with Crippen LogP contribution >= 0.6 is 20.0 Å². The molecule has 0 unspecified atom stereocenters. The molecule has 0 bridgehead atoms. The molecule has 4 atom stereocenters. The third kappa shape index (κ3) is 10.2. The Hall–Kier alpha value is -2.37. The van der Waals surface area contributed by atoms with E-state index in [2.05, 4.69) is 4.98 Å². The molecular formula is C22H35N2O14PS. The van der Waals surface area contributed by atoms with E-state index in [0.29, 0.717) is 0 Å². The van der Waals surface area contributed by atoms with Gasteiger partial charge in [-0.3, -0.25) is 18.9 Å². The summed E-state index contributed by atoms with van der Waals surface area (Å²) >= 11 is 5.10. The van der Waals surface area contributed by atoms with Crippen molar-refractivity contribution in [2.75, 3.05) is 20.2 Å². The van der Waals surface area contributed by atoms with Crippen LogP contribution in [0.4, 0.5) is 9.59 Å². The molecule has 0 saturated carbocycles. The van der Waals surface area contributed by atoms with Gasteiger partial charge in [0.05, 0.1) is 6.61 Å². The number of phosphoric acid groups is 1. The second-order valence-electron chi connectivity index (χ2n) is 10.7. The highest BCUT2D eigenvalue weighted by Crippen LogP contribution is 2.50. The van der Waals surface area contributed by atoms with E-state index in [-0.39, 0.29) is 4.77 Å². The molecule has 18 heteroatoms. The summed E-state index contributed by atoms with van der Waals surface area (Å²) in [5.41, 5.74) is -4.20. The highest BCUT2D eigenvalue weighted by Gasteiger charge is 2.53. The maximum absolute atomic E-state index is 13.2. The highest BCUT2D eigenvalue weighted by atomic mass is 32.1. The van der Waals surface area contributed by atoms with Crippen LogP contribution in [0.3, 0.4) is 0 Å². The lowest BCUT2D eigenvalue weighted by Crippen LogP contribution is -2.44. The molecule has 2 heterocycles. The molecule has 1 aliphatic rings. The van der Waals surface area contributed by atoms with Gasteiger partial charge < -0.3 is 33.9 Å². The number of hydrogen-bond acceptors (Lipinski definition) is 15. The number of aromatic amines is 1. The van der Waals surface area contributed by atoms with Crippen LogP contribution in [0.15, 0.2) is 17.1 Å². The van der Waals surface area contributed by atoms with Gasteiger partial charge in [0.2, 0.25) is 13.6 Å². The molecule has 0 aromatic carbocycles. The zero-order valence-corrected chi connectivity index (χ0v) is 24.8. The minimum Gasteiger partial charge on any atom is -0.429 e. The van der Waals surface area contributed by atoms with Crippen molar-refractivity contribution in [1.29, 1.82) is 0 Å². The molecule has 0 radical (unpaired) electrons. The molecule has 0 amide bonds. The fraction of sp³-hybridized carbons (Fsp3) is 0.727. The maximum Gasteiger partial charge on any atom is 0.510 e. The summed E-state index contributed by atoms with van der Waals surface area (Å²) in [5.74, 6) is 0. The van der Waals surface area contributed by atoms with Gasteiger partial charge in [0.15, 0.2) is 11.0 Å². The standard InChI is InChI=1S/C22H35N2O14PS/c1-20(2,3)37-18(27)31-11-34-39(30,35-12-32-19(28)38-21(4,5)6)33-10-13-15(26)22(7,29)16(36-13)24-9-8-14(25)23-17(24)40/h8-9,13,15-16,26,29H,10-12H2,1-7H3,(H,23,25,40)/t13-,15+,16-,22-/m1/s1. The van der Waals surface area contributed by atoms with Crippen molar-refractivity contribution in [2.45, 2.75) is 83.7 Å². The number of hydrogen-bond donors (Lipinski definition) is 3. The third-order valence-corrected chi connectivity index (χ3v) is 6.43. The van der Waals surface area contributed by atoms with E-state index in [4.69, 9.17) is 49.5 Å². The second kappa shape index (κ2) is 13.1. The Morgan fingerprint density at radius 1 is 1.07 bits per heavy atom. The molecule has 16 nitrogen and oxygen atoms in total. The van der Waals surface area contributed by atoms with Crippen molar-refractivity contribution >= 4 is 32.4 Å². The third-order valence-electron chi connectivity index (χ3n) is 4.81. The number of nitrogens with one attached hydrogen (secondary N) is 1. The van der Waals surface area contributed by atoms with Crippen LogP contribution in [0, 0.1) is 4.77 Å². The summed E-state index contributed by atoms with van der Waals surface area (Å²) in [6, 6.07) is 1.14. The molecule has 1 aromatic rings. The number of aliphatic hydroxyl groups excluding tert-OH is 1. The first-order chi connectivity index (χ1) is 18.2. The molecule has 2 rings (SSSR count). The van der Waals surface area contributed by atoms with Crippen molar-refractivity contribution in [3.8, 4) is 0 Å². The Labute approximate surface area is 235 Å². The lowest BCUT2D eigenvalue weighted by Gasteiger charge is -2.28. The number of aromatic nitrogens is 2. The number of carbonyl (C=O) groups excluding carboxylic acids is 2. The lowest BCUT2D eigenvalue weighted by molar-refractivity contribution is -0.0986. The van der Waals surface area contributed by atoms with Crippen molar-refractivity contribution in [3.05, 3.63) is 27.4 Å². The number of ether oxygens (including phenoxy) is 5. The van der Waals surface area contributed by atoms with Gasteiger partial charge in [-0.15, -0.1) is 0 Å². The quantitative estimate of drug-likeness (QED) is 0.150. The van der Waals surface area contributed by atoms with Crippen molar-refractivity contribution in [1.82, 2.24) is 9.55 Å². The summed E-state index contributed by atoms with van der Waals surface area (Å²) in [7, 11) is -4.68. The number of phosphoric ester groups is 1. The van der Waals surface area contributed by atoms with Crippen LogP contribution in [0.2, 0.25) is 0 Å². The fourth-order valence-electron chi connectivity index (χ4n) is 3.10. The predicted octanol–water partition coefficient (Wildman–Crippen LogP) is 2.89.